The highest BCUT2D eigenvalue weighted by Gasteiger charge is 2.44. The minimum atomic E-state index is -0.637. The van der Waals surface area contributed by atoms with Gasteiger partial charge in [0.15, 0.2) is 0 Å². The maximum atomic E-state index is 13.8. The maximum Gasteiger partial charge on any atom is 0.339 e. The third-order valence-electron chi connectivity index (χ3n) is 5.71. The minimum Gasteiger partial charge on any atom is -0.465 e. The second-order valence-corrected chi connectivity index (χ2v) is 9.38. The topological polar surface area (TPSA) is 75.7 Å². The Morgan fingerprint density at radius 3 is 2.48 bits per heavy atom. The van der Waals surface area contributed by atoms with Crippen LogP contribution in [-0.4, -0.2) is 36.3 Å². The number of nitrogens with one attached hydrogen (secondary N) is 1. The fraction of sp³-hybridized carbons (Fsp3) is 0.269. The minimum absolute atomic E-state index is 0.0725. The summed E-state index contributed by atoms with van der Waals surface area (Å²) in [5.74, 6) is -1.29. The Balaban J connectivity index is 1.82. The van der Waals surface area contributed by atoms with Gasteiger partial charge in [0.05, 0.1) is 30.3 Å². The molecule has 7 heteroatoms. The lowest BCUT2D eigenvalue weighted by Crippen LogP contribution is -2.47. The van der Waals surface area contributed by atoms with E-state index in [1.807, 2.05) is 40.6 Å². The number of carbonyl (C=O) groups excluding carboxylic acids is 3. The first-order chi connectivity index (χ1) is 15.9. The molecule has 0 bridgehead atoms. The molecule has 2 atom stereocenters. The molecule has 2 heterocycles. The normalized spacial score (nSPS) is 17.6. The first-order valence-corrected chi connectivity index (χ1v) is 11.7. The number of ether oxygens (including phenoxy) is 1. The fourth-order valence-electron chi connectivity index (χ4n) is 4.34. The second-order valence-electron chi connectivity index (χ2n) is 8.40. The molecule has 0 fully saturated rings. The first-order valence-electron chi connectivity index (χ1n) is 10.8. The predicted octanol–water partition coefficient (Wildman–Crippen LogP) is 5.11. The van der Waals surface area contributed by atoms with Crippen LogP contribution in [0.3, 0.4) is 0 Å². The summed E-state index contributed by atoms with van der Waals surface area (Å²) >= 11 is 1.53. The van der Waals surface area contributed by atoms with Crippen LogP contribution >= 0.6 is 11.3 Å². The molecule has 1 aliphatic rings. The standard InChI is InChI=1S/C26H26N2O4S/c1-16(2)15-28-23(21-13-8-14-33-21)22(17-9-4-5-10-18(17)25(28)30)24(29)27-20-12-7-6-11-19(20)26(31)32-3/h4-14,16,22-23H,15H2,1-3H3,(H,27,29)/t22-,23+/m0/s1. The van der Waals surface area contributed by atoms with E-state index in [0.717, 1.165) is 4.88 Å². The molecule has 0 unspecified atom stereocenters. The Bertz CT molecular complexity index is 1170. The third-order valence-corrected chi connectivity index (χ3v) is 6.65. The van der Waals surface area contributed by atoms with Gasteiger partial charge in [-0.2, -0.15) is 0 Å². The Morgan fingerprint density at radius 2 is 1.79 bits per heavy atom. The summed E-state index contributed by atoms with van der Waals surface area (Å²) in [6, 6.07) is 17.5. The molecule has 170 valence electrons. The van der Waals surface area contributed by atoms with Crippen LogP contribution in [0, 0.1) is 5.92 Å². The molecular weight excluding hydrogens is 436 g/mol. The van der Waals surface area contributed by atoms with Crippen molar-refractivity contribution in [2.75, 3.05) is 19.0 Å². The number of thiophene rings is 1. The van der Waals surface area contributed by atoms with E-state index in [4.69, 9.17) is 4.74 Å². The Morgan fingerprint density at radius 1 is 1.06 bits per heavy atom. The second kappa shape index (κ2) is 9.58. The highest BCUT2D eigenvalue weighted by atomic mass is 32.1. The van der Waals surface area contributed by atoms with Crippen molar-refractivity contribution in [3.63, 3.8) is 0 Å². The van der Waals surface area contributed by atoms with Gasteiger partial charge in [0.1, 0.15) is 0 Å². The number of amides is 2. The zero-order chi connectivity index (χ0) is 23.5. The van der Waals surface area contributed by atoms with Crippen LogP contribution in [0.5, 0.6) is 0 Å². The number of nitrogens with zero attached hydrogens (tertiary/aromatic N) is 1. The van der Waals surface area contributed by atoms with Crippen LogP contribution in [0.4, 0.5) is 5.69 Å². The molecular formula is C26H26N2O4S. The predicted molar refractivity (Wildman–Crippen MR) is 129 cm³/mol. The molecule has 2 amide bonds. The molecule has 0 spiro atoms. The highest BCUT2D eigenvalue weighted by Crippen LogP contribution is 2.45. The van der Waals surface area contributed by atoms with Crippen LogP contribution in [0.1, 0.15) is 57.0 Å². The Kier molecular flexibility index (Phi) is 6.60. The Hall–Kier alpha value is -3.45. The van der Waals surface area contributed by atoms with Gasteiger partial charge in [-0.15, -0.1) is 11.3 Å². The summed E-state index contributed by atoms with van der Waals surface area (Å²) in [5, 5.41) is 4.90. The summed E-state index contributed by atoms with van der Waals surface area (Å²) in [7, 11) is 1.31. The van der Waals surface area contributed by atoms with Crippen molar-refractivity contribution in [1.29, 1.82) is 0 Å². The number of fused-ring (bicyclic) bond motifs is 1. The van der Waals surface area contributed by atoms with E-state index >= 15 is 0 Å². The van der Waals surface area contributed by atoms with Crippen molar-refractivity contribution in [3.05, 3.63) is 87.6 Å². The quantitative estimate of drug-likeness (QED) is 0.517. The van der Waals surface area contributed by atoms with Crippen molar-refractivity contribution in [3.8, 4) is 0 Å². The van der Waals surface area contributed by atoms with E-state index in [0.29, 0.717) is 23.4 Å². The average Bonchev–Trinajstić information content (AvgIpc) is 3.34. The summed E-state index contributed by atoms with van der Waals surface area (Å²) < 4.78 is 4.87. The van der Waals surface area contributed by atoms with Gasteiger partial charge >= 0.3 is 5.97 Å². The molecule has 3 aromatic rings. The number of hydrogen-bond acceptors (Lipinski definition) is 5. The van der Waals surface area contributed by atoms with Gasteiger partial charge in [0.2, 0.25) is 5.91 Å². The number of rotatable bonds is 6. The molecule has 0 aliphatic carbocycles. The lowest BCUT2D eigenvalue weighted by molar-refractivity contribution is -0.119. The third kappa shape index (κ3) is 4.41. The number of para-hydroxylation sites is 1. The van der Waals surface area contributed by atoms with Crippen LogP contribution in [0.15, 0.2) is 66.0 Å². The van der Waals surface area contributed by atoms with Gasteiger partial charge in [-0.05, 0) is 41.1 Å². The number of esters is 1. The van der Waals surface area contributed by atoms with Crippen LogP contribution in [0.2, 0.25) is 0 Å². The first kappa shape index (κ1) is 22.7. The average molecular weight is 463 g/mol. The molecule has 33 heavy (non-hydrogen) atoms. The van der Waals surface area contributed by atoms with Gasteiger partial charge in [-0.1, -0.05) is 50.2 Å². The molecule has 1 N–H and O–H groups in total. The lowest BCUT2D eigenvalue weighted by atomic mass is 9.81. The molecule has 0 radical (unpaired) electrons. The van der Waals surface area contributed by atoms with E-state index < -0.39 is 17.9 Å². The van der Waals surface area contributed by atoms with E-state index in [1.165, 1.54) is 18.4 Å². The zero-order valence-corrected chi connectivity index (χ0v) is 19.6. The van der Waals surface area contributed by atoms with Crippen molar-refractivity contribution < 1.29 is 19.1 Å². The van der Waals surface area contributed by atoms with Crippen molar-refractivity contribution in [2.45, 2.75) is 25.8 Å². The number of benzene rings is 2. The molecule has 1 aromatic heterocycles. The number of hydrogen-bond donors (Lipinski definition) is 1. The van der Waals surface area contributed by atoms with Crippen molar-refractivity contribution >= 4 is 34.8 Å². The lowest BCUT2D eigenvalue weighted by Gasteiger charge is -2.42. The summed E-state index contributed by atoms with van der Waals surface area (Å²) in [6.07, 6.45) is 0. The molecule has 2 aromatic carbocycles. The van der Waals surface area contributed by atoms with Gasteiger partial charge in [-0.25, -0.2) is 4.79 Å². The van der Waals surface area contributed by atoms with Gasteiger partial charge in [0.25, 0.3) is 5.91 Å². The van der Waals surface area contributed by atoms with E-state index in [-0.39, 0.29) is 23.3 Å². The molecule has 0 saturated carbocycles. The van der Waals surface area contributed by atoms with Gasteiger partial charge in [-0.3, -0.25) is 9.59 Å². The van der Waals surface area contributed by atoms with Crippen LogP contribution < -0.4 is 5.32 Å². The highest BCUT2D eigenvalue weighted by molar-refractivity contribution is 7.10. The van der Waals surface area contributed by atoms with Crippen molar-refractivity contribution in [1.82, 2.24) is 4.90 Å². The SMILES string of the molecule is COC(=O)c1ccccc1NC(=O)[C@H]1c2ccccc2C(=O)N(CC(C)C)[C@@H]1c1cccs1. The van der Waals surface area contributed by atoms with Gasteiger partial charge < -0.3 is 15.0 Å². The zero-order valence-electron chi connectivity index (χ0n) is 18.8. The summed E-state index contributed by atoms with van der Waals surface area (Å²) in [4.78, 5) is 42.3. The largest absolute Gasteiger partial charge is 0.465 e. The van der Waals surface area contributed by atoms with E-state index in [2.05, 4.69) is 19.2 Å². The van der Waals surface area contributed by atoms with E-state index in [1.54, 1.807) is 30.3 Å². The smallest absolute Gasteiger partial charge is 0.339 e. The summed E-state index contributed by atoms with van der Waals surface area (Å²) in [5.41, 5.74) is 1.88. The van der Waals surface area contributed by atoms with Crippen molar-refractivity contribution in [2.24, 2.45) is 5.92 Å². The number of methoxy groups -OCH3 is 1. The fourth-order valence-corrected chi connectivity index (χ4v) is 5.21. The number of anilines is 1. The Labute approximate surface area is 197 Å². The number of carbonyl (C=O) groups is 3. The molecule has 4 rings (SSSR count). The molecule has 6 nitrogen and oxygen atoms in total. The maximum absolute atomic E-state index is 13.8. The monoisotopic (exact) mass is 462 g/mol. The molecule has 0 saturated heterocycles. The van der Waals surface area contributed by atoms with E-state index in [9.17, 15) is 14.4 Å². The van der Waals surface area contributed by atoms with Gasteiger partial charge in [0, 0.05) is 17.0 Å². The summed E-state index contributed by atoms with van der Waals surface area (Å²) in [6.45, 7) is 4.64. The van der Waals surface area contributed by atoms with Crippen LogP contribution in [0.25, 0.3) is 0 Å². The molecule has 1 aliphatic heterocycles. The van der Waals surface area contributed by atoms with Crippen LogP contribution in [-0.2, 0) is 9.53 Å².